The van der Waals surface area contributed by atoms with Crippen LogP contribution in [0.2, 0.25) is 0 Å². The Kier molecular flexibility index (Phi) is 4.51. The van der Waals surface area contributed by atoms with Crippen molar-refractivity contribution >= 4 is 17.4 Å². The van der Waals surface area contributed by atoms with Crippen LogP contribution < -0.4 is 5.32 Å². The molecular formula is C14H21N3O3S. The maximum absolute atomic E-state index is 12.5. The number of hydrogen-bond acceptors (Lipinski definition) is 6. The normalized spacial score (nSPS) is 30.8. The van der Waals surface area contributed by atoms with Crippen molar-refractivity contribution in [3.05, 3.63) is 10.6 Å². The second-order valence-electron chi connectivity index (χ2n) is 5.71. The number of methoxy groups -OCH3 is 1. The maximum atomic E-state index is 12.5. The molecule has 1 saturated heterocycles. The molecule has 7 heteroatoms. The van der Waals surface area contributed by atoms with Crippen LogP contribution in [0.15, 0.2) is 0 Å². The molecule has 1 saturated carbocycles. The highest BCUT2D eigenvalue weighted by molar-refractivity contribution is 7.08. The molecule has 1 aromatic heterocycles. The number of amides is 1. The summed E-state index contributed by atoms with van der Waals surface area (Å²) in [5.74, 6) is 0.622. The fourth-order valence-electron chi connectivity index (χ4n) is 3.43. The van der Waals surface area contributed by atoms with Crippen molar-refractivity contribution in [1.29, 1.82) is 0 Å². The zero-order valence-corrected chi connectivity index (χ0v) is 13.2. The largest absolute Gasteiger partial charge is 0.384 e. The second-order valence-corrected chi connectivity index (χ2v) is 6.46. The van der Waals surface area contributed by atoms with Gasteiger partial charge in [-0.15, -0.1) is 5.10 Å². The highest BCUT2D eigenvalue weighted by Gasteiger charge is 2.54. The molecule has 1 N–H and O–H groups in total. The van der Waals surface area contributed by atoms with E-state index >= 15 is 0 Å². The summed E-state index contributed by atoms with van der Waals surface area (Å²) in [4.78, 5) is 13.1. The number of nitrogens with zero attached hydrogens (tertiary/aromatic N) is 2. The van der Waals surface area contributed by atoms with E-state index < -0.39 is 0 Å². The topological polar surface area (TPSA) is 73.3 Å². The van der Waals surface area contributed by atoms with E-state index in [-0.39, 0.29) is 24.0 Å². The second kappa shape index (κ2) is 6.37. The molecule has 1 aromatic rings. The zero-order chi connectivity index (χ0) is 14.8. The molecule has 0 unspecified atom stereocenters. The van der Waals surface area contributed by atoms with Gasteiger partial charge in [0.15, 0.2) is 0 Å². The van der Waals surface area contributed by atoms with Crippen LogP contribution in [0.1, 0.15) is 35.1 Å². The van der Waals surface area contributed by atoms with Gasteiger partial charge in [0.25, 0.3) is 5.91 Å². The van der Waals surface area contributed by atoms with Gasteiger partial charge in [0.2, 0.25) is 0 Å². The van der Waals surface area contributed by atoms with Gasteiger partial charge in [0.1, 0.15) is 4.88 Å². The van der Waals surface area contributed by atoms with Crippen LogP contribution >= 0.6 is 11.5 Å². The number of ether oxygens (including phenoxy) is 2. The molecule has 1 aliphatic heterocycles. The molecule has 0 bridgehead atoms. The van der Waals surface area contributed by atoms with Crippen molar-refractivity contribution in [3.8, 4) is 0 Å². The summed E-state index contributed by atoms with van der Waals surface area (Å²) in [5, 5.41) is 7.21. The number of rotatable bonds is 6. The summed E-state index contributed by atoms with van der Waals surface area (Å²) in [7, 11) is 1.69. The Morgan fingerprint density at radius 2 is 2.43 bits per heavy atom. The third-order valence-corrected chi connectivity index (χ3v) is 5.20. The molecule has 3 rings (SSSR count). The van der Waals surface area contributed by atoms with Crippen molar-refractivity contribution in [2.45, 2.75) is 38.3 Å². The Hall–Kier alpha value is -1.05. The predicted molar refractivity (Wildman–Crippen MR) is 78.4 cm³/mol. The number of aryl methyl sites for hydroxylation is 1. The number of fused-ring (bicyclic) bond motifs is 1. The first-order chi connectivity index (χ1) is 10.3. The molecular weight excluding hydrogens is 290 g/mol. The fraction of sp³-hybridized carbons (Fsp3) is 0.786. The lowest BCUT2D eigenvalue weighted by molar-refractivity contribution is -0.0809. The van der Waals surface area contributed by atoms with Crippen molar-refractivity contribution in [3.63, 3.8) is 0 Å². The van der Waals surface area contributed by atoms with Crippen LogP contribution in [-0.4, -0.2) is 48.0 Å². The smallest absolute Gasteiger partial charge is 0.265 e. The van der Waals surface area contributed by atoms with E-state index in [4.69, 9.17) is 9.47 Å². The maximum Gasteiger partial charge on any atom is 0.265 e. The zero-order valence-electron chi connectivity index (χ0n) is 12.4. The number of carbonyl (C=O) groups excluding carboxylic acids is 1. The average Bonchev–Trinajstić information content (AvgIpc) is 3.09. The van der Waals surface area contributed by atoms with Crippen LogP contribution in [0, 0.1) is 11.8 Å². The molecule has 2 heterocycles. The average molecular weight is 311 g/mol. The lowest BCUT2D eigenvalue weighted by atomic mass is 9.67. The van der Waals surface area contributed by atoms with E-state index in [9.17, 15) is 4.79 Å². The number of nitrogens with one attached hydrogen (secondary N) is 1. The summed E-state index contributed by atoms with van der Waals surface area (Å²) in [6.07, 6.45) is 3.00. The number of hydrogen-bond donors (Lipinski definition) is 1. The first kappa shape index (κ1) is 14.9. The van der Waals surface area contributed by atoms with E-state index in [2.05, 4.69) is 21.8 Å². The molecule has 1 amide bonds. The third-order valence-electron chi connectivity index (χ3n) is 4.43. The Balaban J connectivity index is 1.67. The van der Waals surface area contributed by atoms with E-state index in [0.717, 1.165) is 31.6 Å². The van der Waals surface area contributed by atoms with Gasteiger partial charge in [0, 0.05) is 31.6 Å². The van der Waals surface area contributed by atoms with E-state index in [0.29, 0.717) is 17.4 Å². The summed E-state index contributed by atoms with van der Waals surface area (Å²) < 4.78 is 14.9. The quantitative estimate of drug-likeness (QED) is 0.856. The standard InChI is InChI=1S/C14H21N3O3S/c1-3-4-10-13(21-17-16-10)14(18)15-11-8-5-6-20-12(8)9(11)7-19-2/h8-9,11-12H,3-7H2,1-2H3,(H,15,18)/t8-,9+,11+,12-/m0/s1. The minimum atomic E-state index is -0.0510. The van der Waals surface area contributed by atoms with Gasteiger partial charge in [-0.05, 0) is 24.4 Å². The van der Waals surface area contributed by atoms with Gasteiger partial charge in [0.05, 0.1) is 18.4 Å². The summed E-state index contributed by atoms with van der Waals surface area (Å²) in [6.45, 7) is 3.47. The van der Waals surface area contributed by atoms with Gasteiger partial charge < -0.3 is 14.8 Å². The van der Waals surface area contributed by atoms with Gasteiger partial charge in [-0.1, -0.05) is 17.8 Å². The van der Waals surface area contributed by atoms with Crippen molar-refractivity contribution in [2.75, 3.05) is 20.3 Å². The van der Waals surface area contributed by atoms with E-state index in [1.165, 1.54) is 11.5 Å². The minimum Gasteiger partial charge on any atom is -0.384 e. The van der Waals surface area contributed by atoms with Crippen LogP contribution in [0.5, 0.6) is 0 Å². The van der Waals surface area contributed by atoms with Crippen LogP contribution in [-0.2, 0) is 15.9 Å². The van der Waals surface area contributed by atoms with Crippen molar-refractivity contribution in [1.82, 2.24) is 14.9 Å². The summed E-state index contributed by atoms with van der Waals surface area (Å²) in [6, 6.07) is 0.140. The van der Waals surface area contributed by atoms with Crippen LogP contribution in [0.25, 0.3) is 0 Å². The number of aromatic nitrogens is 2. The fourth-order valence-corrected chi connectivity index (χ4v) is 4.04. The Morgan fingerprint density at radius 1 is 1.57 bits per heavy atom. The molecule has 2 fully saturated rings. The SMILES string of the molecule is CCCc1nnsc1C(=O)N[C@H]1[C@@H](COC)[C@H]2OCC[C@@H]12. The van der Waals surface area contributed by atoms with E-state index in [1.54, 1.807) is 7.11 Å². The first-order valence-corrected chi connectivity index (χ1v) is 8.26. The summed E-state index contributed by atoms with van der Waals surface area (Å²) in [5.41, 5.74) is 0.807. The number of carbonyl (C=O) groups is 1. The molecule has 2 aliphatic rings. The van der Waals surface area contributed by atoms with Crippen molar-refractivity contribution in [2.24, 2.45) is 11.8 Å². The van der Waals surface area contributed by atoms with Gasteiger partial charge in [-0.3, -0.25) is 4.79 Å². The highest BCUT2D eigenvalue weighted by Crippen LogP contribution is 2.43. The molecule has 4 atom stereocenters. The first-order valence-electron chi connectivity index (χ1n) is 7.48. The highest BCUT2D eigenvalue weighted by atomic mass is 32.1. The van der Waals surface area contributed by atoms with Gasteiger partial charge in [-0.2, -0.15) is 0 Å². The van der Waals surface area contributed by atoms with Crippen molar-refractivity contribution < 1.29 is 14.3 Å². The lowest BCUT2D eigenvalue weighted by Gasteiger charge is -2.47. The lowest BCUT2D eigenvalue weighted by Crippen LogP contribution is -2.62. The monoisotopic (exact) mass is 311 g/mol. The molecule has 0 radical (unpaired) electrons. The Bertz CT molecular complexity index is 507. The van der Waals surface area contributed by atoms with Crippen LogP contribution in [0.4, 0.5) is 0 Å². The molecule has 21 heavy (non-hydrogen) atoms. The molecule has 116 valence electrons. The summed E-state index contributed by atoms with van der Waals surface area (Å²) >= 11 is 1.18. The molecule has 0 spiro atoms. The molecule has 6 nitrogen and oxygen atoms in total. The van der Waals surface area contributed by atoms with E-state index in [1.807, 2.05) is 0 Å². The predicted octanol–water partition coefficient (Wildman–Crippen LogP) is 1.27. The Labute approximate surface area is 128 Å². The Morgan fingerprint density at radius 3 is 3.19 bits per heavy atom. The van der Waals surface area contributed by atoms with Gasteiger partial charge in [-0.25, -0.2) is 0 Å². The van der Waals surface area contributed by atoms with Crippen LogP contribution in [0.3, 0.4) is 0 Å². The van der Waals surface area contributed by atoms with Gasteiger partial charge >= 0.3 is 0 Å². The molecule has 1 aliphatic carbocycles. The third kappa shape index (κ3) is 2.69. The minimum absolute atomic E-state index is 0.0510. The molecule has 0 aromatic carbocycles.